The molecule has 0 radical (unpaired) electrons. The summed E-state index contributed by atoms with van der Waals surface area (Å²) in [5.74, 6) is -1.25. The van der Waals surface area contributed by atoms with Gasteiger partial charge in [0.2, 0.25) is 5.91 Å². The van der Waals surface area contributed by atoms with Crippen molar-refractivity contribution in [1.29, 1.82) is 5.26 Å². The number of rotatable bonds is 4. The zero-order valence-corrected chi connectivity index (χ0v) is 12.5. The Labute approximate surface area is 137 Å². The maximum atomic E-state index is 12.2. The lowest BCUT2D eigenvalue weighted by atomic mass is 10.2. The van der Waals surface area contributed by atoms with E-state index in [0.717, 1.165) is 4.90 Å². The van der Waals surface area contributed by atoms with Crippen LogP contribution in [0.4, 0.5) is 5.69 Å². The van der Waals surface area contributed by atoms with E-state index in [0.29, 0.717) is 11.3 Å². The first-order valence-electron chi connectivity index (χ1n) is 7.21. The van der Waals surface area contributed by atoms with Crippen molar-refractivity contribution in [3.8, 4) is 6.07 Å². The van der Waals surface area contributed by atoms with Gasteiger partial charge >= 0.3 is 0 Å². The van der Waals surface area contributed by atoms with Crippen molar-refractivity contribution in [2.24, 2.45) is 0 Å². The summed E-state index contributed by atoms with van der Waals surface area (Å²) < 4.78 is 0. The van der Waals surface area contributed by atoms with Crippen LogP contribution in [0.5, 0.6) is 0 Å². The lowest BCUT2D eigenvalue weighted by Crippen LogP contribution is -2.33. The molecule has 2 aromatic rings. The van der Waals surface area contributed by atoms with Gasteiger partial charge in [0, 0.05) is 24.8 Å². The van der Waals surface area contributed by atoms with Gasteiger partial charge in [0.15, 0.2) is 0 Å². The summed E-state index contributed by atoms with van der Waals surface area (Å²) in [5.41, 5.74) is 1.42. The molecular weight excluding hydrogens is 308 g/mol. The smallest absolute Gasteiger partial charge is 0.280 e. The van der Waals surface area contributed by atoms with Crippen LogP contribution in [0.25, 0.3) is 0 Å². The number of carbonyl (C=O) groups excluding carboxylic acids is 3. The predicted molar refractivity (Wildman–Crippen MR) is 84.0 cm³/mol. The second kappa shape index (κ2) is 6.30. The zero-order valence-electron chi connectivity index (χ0n) is 12.5. The normalized spacial score (nSPS) is 12.7. The Morgan fingerprint density at radius 1 is 1.17 bits per heavy atom. The Kier molecular flexibility index (Phi) is 4.03. The van der Waals surface area contributed by atoms with Gasteiger partial charge < -0.3 is 5.32 Å². The van der Waals surface area contributed by atoms with Crippen LogP contribution < -0.4 is 5.32 Å². The summed E-state index contributed by atoms with van der Waals surface area (Å²) >= 11 is 0. The molecule has 1 aromatic carbocycles. The van der Waals surface area contributed by atoms with Crippen molar-refractivity contribution < 1.29 is 14.4 Å². The topological polar surface area (TPSA) is 103 Å². The minimum absolute atomic E-state index is 0.0177. The molecule has 1 aromatic heterocycles. The molecule has 0 saturated carbocycles. The number of hydrogen-bond acceptors (Lipinski definition) is 5. The van der Waals surface area contributed by atoms with E-state index < -0.39 is 11.8 Å². The van der Waals surface area contributed by atoms with Gasteiger partial charge in [-0.05, 0) is 36.4 Å². The highest BCUT2D eigenvalue weighted by Crippen LogP contribution is 2.20. The van der Waals surface area contributed by atoms with Crippen LogP contribution in [0, 0.1) is 11.3 Å². The van der Waals surface area contributed by atoms with Crippen LogP contribution in [-0.4, -0.2) is 34.2 Å². The number of nitrogens with one attached hydrogen (secondary N) is 1. The molecule has 1 aliphatic heterocycles. The number of nitriles is 1. The maximum absolute atomic E-state index is 12.2. The number of imide groups is 1. The van der Waals surface area contributed by atoms with E-state index in [1.165, 1.54) is 6.20 Å². The molecule has 0 aliphatic carbocycles. The molecule has 0 bridgehead atoms. The molecule has 1 aliphatic rings. The van der Waals surface area contributed by atoms with E-state index in [4.69, 9.17) is 5.26 Å². The number of fused-ring (bicyclic) bond motifs is 1. The van der Waals surface area contributed by atoms with Crippen molar-refractivity contribution in [2.45, 2.75) is 6.42 Å². The van der Waals surface area contributed by atoms with Crippen molar-refractivity contribution in [3.63, 3.8) is 0 Å². The fraction of sp³-hybridized carbons (Fsp3) is 0.118. The lowest BCUT2D eigenvalue weighted by Gasteiger charge is -2.13. The molecule has 24 heavy (non-hydrogen) atoms. The highest BCUT2D eigenvalue weighted by molar-refractivity contribution is 6.20. The fourth-order valence-corrected chi connectivity index (χ4v) is 2.38. The Bertz CT molecular complexity index is 833. The lowest BCUT2D eigenvalue weighted by molar-refractivity contribution is -0.116. The number of amides is 3. The highest BCUT2D eigenvalue weighted by atomic mass is 16.2. The summed E-state index contributed by atoms with van der Waals surface area (Å²) in [6, 6.07) is 11.5. The van der Waals surface area contributed by atoms with Gasteiger partial charge in [0.1, 0.15) is 5.69 Å². The summed E-state index contributed by atoms with van der Waals surface area (Å²) in [7, 11) is 0. The summed E-state index contributed by atoms with van der Waals surface area (Å²) in [6.07, 6.45) is 1.43. The average Bonchev–Trinajstić information content (AvgIpc) is 2.85. The molecular formula is C17H12N4O3. The molecule has 3 amide bonds. The van der Waals surface area contributed by atoms with E-state index in [9.17, 15) is 14.4 Å². The quantitative estimate of drug-likeness (QED) is 0.861. The van der Waals surface area contributed by atoms with E-state index in [-0.39, 0.29) is 30.1 Å². The number of pyridine rings is 1. The standard InChI is InChI=1S/C17H12N4O3/c18-10-11-3-5-12(6-4-11)20-14(22)7-9-21-16(23)13-2-1-8-19-15(13)17(21)24/h1-6,8H,7,9H2,(H,20,22). The molecule has 0 saturated heterocycles. The van der Waals surface area contributed by atoms with Crippen LogP contribution in [0.2, 0.25) is 0 Å². The molecule has 3 rings (SSSR count). The second-order valence-corrected chi connectivity index (χ2v) is 5.15. The van der Waals surface area contributed by atoms with E-state index >= 15 is 0 Å². The molecule has 7 heteroatoms. The third-order valence-electron chi connectivity index (χ3n) is 3.59. The number of hydrogen-bond donors (Lipinski definition) is 1. The minimum Gasteiger partial charge on any atom is -0.326 e. The first-order valence-corrected chi connectivity index (χ1v) is 7.21. The summed E-state index contributed by atoms with van der Waals surface area (Å²) in [4.78, 5) is 41.2. The van der Waals surface area contributed by atoms with E-state index in [1.54, 1.807) is 36.4 Å². The predicted octanol–water partition coefficient (Wildman–Crippen LogP) is 1.58. The number of nitrogens with zero attached hydrogens (tertiary/aromatic N) is 3. The van der Waals surface area contributed by atoms with Crippen LogP contribution in [0.1, 0.15) is 32.8 Å². The van der Waals surface area contributed by atoms with Crippen molar-refractivity contribution in [1.82, 2.24) is 9.88 Å². The third-order valence-corrected chi connectivity index (χ3v) is 3.59. The number of anilines is 1. The summed E-state index contributed by atoms with van der Waals surface area (Å²) in [5, 5.41) is 11.4. The highest BCUT2D eigenvalue weighted by Gasteiger charge is 2.36. The molecule has 0 spiro atoms. The molecule has 1 N–H and O–H groups in total. The van der Waals surface area contributed by atoms with Crippen LogP contribution in [0.15, 0.2) is 42.6 Å². The van der Waals surface area contributed by atoms with Crippen molar-refractivity contribution in [2.75, 3.05) is 11.9 Å². The monoisotopic (exact) mass is 320 g/mol. The Hall–Kier alpha value is -3.53. The molecule has 0 unspecified atom stereocenters. The minimum atomic E-state index is -0.484. The van der Waals surface area contributed by atoms with E-state index in [2.05, 4.69) is 10.3 Å². The van der Waals surface area contributed by atoms with Crippen LogP contribution >= 0.6 is 0 Å². The van der Waals surface area contributed by atoms with Crippen molar-refractivity contribution >= 4 is 23.4 Å². The molecule has 118 valence electrons. The molecule has 7 nitrogen and oxygen atoms in total. The Morgan fingerprint density at radius 3 is 2.58 bits per heavy atom. The van der Waals surface area contributed by atoms with Crippen LogP contribution in [-0.2, 0) is 4.79 Å². The maximum Gasteiger partial charge on any atom is 0.280 e. The van der Waals surface area contributed by atoms with Gasteiger partial charge in [-0.1, -0.05) is 0 Å². The zero-order chi connectivity index (χ0) is 17.1. The third kappa shape index (κ3) is 2.85. The molecule has 0 fully saturated rings. The van der Waals surface area contributed by atoms with Crippen molar-refractivity contribution in [3.05, 3.63) is 59.4 Å². The van der Waals surface area contributed by atoms with Gasteiger partial charge in [0.25, 0.3) is 11.8 Å². The molecule has 0 atom stereocenters. The van der Waals surface area contributed by atoms with Gasteiger partial charge in [-0.25, -0.2) is 0 Å². The van der Waals surface area contributed by atoms with E-state index in [1.807, 2.05) is 6.07 Å². The average molecular weight is 320 g/mol. The SMILES string of the molecule is N#Cc1ccc(NC(=O)CCN2C(=O)c3cccnc3C2=O)cc1. The summed E-state index contributed by atoms with van der Waals surface area (Å²) in [6.45, 7) is -0.0177. The Balaban J connectivity index is 1.60. The van der Waals surface area contributed by atoms with Crippen LogP contribution in [0.3, 0.4) is 0 Å². The number of benzene rings is 1. The number of aromatic nitrogens is 1. The largest absolute Gasteiger partial charge is 0.326 e. The van der Waals surface area contributed by atoms with Gasteiger partial charge in [-0.2, -0.15) is 5.26 Å². The molecule has 2 heterocycles. The first-order chi connectivity index (χ1) is 11.6. The first kappa shape index (κ1) is 15.4. The Morgan fingerprint density at radius 2 is 1.92 bits per heavy atom. The van der Waals surface area contributed by atoms with Gasteiger partial charge in [-0.3, -0.25) is 24.3 Å². The number of carbonyl (C=O) groups is 3. The van der Waals surface area contributed by atoms with Gasteiger partial charge in [0.05, 0.1) is 17.2 Å². The fourth-order valence-electron chi connectivity index (χ4n) is 2.38. The second-order valence-electron chi connectivity index (χ2n) is 5.15. The van der Waals surface area contributed by atoms with Gasteiger partial charge in [-0.15, -0.1) is 0 Å².